The lowest BCUT2D eigenvalue weighted by molar-refractivity contribution is -0.0836. The fourth-order valence-corrected chi connectivity index (χ4v) is 4.74. The molecule has 0 amide bonds. The van der Waals surface area contributed by atoms with Gasteiger partial charge in [0, 0.05) is 58.3 Å². The van der Waals surface area contributed by atoms with Crippen LogP contribution in [0.5, 0.6) is 0 Å². The summed E-state index contributed by atoms with van der Waals surface area (Å²) in [5, 5.41) is 3.66. The smallest absolute Gasteiger partial charge is 0.193 e. The number of nitrogens with zero attached hydrogens (tertiary/aromatic N) is 3. The maximum Gasteiger partial charge on any atom is 0.193 e. The SMILES string of the molecule is CN=C(NCC1CCCOC1C(C)(C)C)N1CCC(N2CCOCC2)C1. The number of hydrogen-bond acceptors (Lipinski definition) is 4. The van der Waals surface area contributed by atoms with Gasteiger partial charge in [0.15, 0.2) is 5.96 Å². The van der Waals surface area contributed by atoms with Gasteiger partial charge in [-0.3, -0.25) is 9.89 Å². The lowest BCUT2D eigenvalue weighted by Gasteiger charge is -2.40. The third kappa shape index (κ3) is 4.90. The van der Waals surface area contributed by atoms with Gasteiger partial charge in [0.05, 0.1) is 19.3 Å². The minimum absolute atomic E-state index is 0.186. The summed E-state index contributed by atoms with van der Waals surface area (Å²) in [4.78, 5) is 9.58. The van der Waals surface area contributed by atoms with Crippen molar-refractivity contribution in [2.75, 3.05) is 59.6 Å². The van der Waals surface area contributed by atoms with Crippen LogP contribution in [0.3, 0.4) is 0 Å². The molecule has 0 aromatic carbocycles. The Morgan fingerprint density at radius 2 is 1.88 bits per heavy atom. The van der Waals surface area contributed by atoms with E-state index in [0.717, 1.165) is 58.5 Å². The molecule has 3 aliphatic rings. The first-order valence-corrected chi connectivity index (χ1v) is 10.4. The average Bonchev–Trinajstić information content (AvgIpc) is 3.12. The second kappa shape index (κ2) is 8.89. The summed E-state index contributed by atoms with van der Waals surface area (Å²) < 4.78 is 11.6. The molecule has 6 nitrogen and oxygen atoms in total. The molecular weight excluding hydrogens is 328 g/mol. The standard InChI is InChI=1S/C20H38N4O2/c1-20(2,3)18-16(6-5-11-26-18)14-22-19(21-4)24-8-7-17(15-24)23-9-12-25-13-10-23/h16-18H,5-15H2,1-4H3,(H,21,22). The molecule has 3 unspecified atom stereocenters. The van der Waals surface area contributed by atoms with E-state index in [1.54, 1.807) is 0 Å². The number of aliphatic imine (C=N–C) groups is 1. The summed E-state index contributed by atoms with van der Waals surface area (Å²) in [6.45, 7) is 14.8. The Kier molecular flexibility index (Phi) is 6.81. The monoisotopic (exact) mass is 366 g/mol. The summed E-state index contributed by atoms with van der Waals surface area (Å²) in [5.74, 6) is 1.61. The van der Waals surface area contributed by atoms with Gasteiger partial charge in [-0.15, -0.1) is 0 Å². The molecule has 3 heterocycles. The van der Waals surface area contributed by atoms with Crippen LogP contribution in [0.4, 0.5) is 0 Å². The molecule has 0 saturated carbocycles. The molecule has 0 spiro atoms. The zero-order valence-corrected chi connectivity index (χ0v) is 17.2. The Morgan fingerprint density at radius 1 is 1.12 bits per heavy atom. The number of guanidine groups is 1. The number of nitrogens with one attached hydrogen (secondary N) is 1. The molecule has 3 saturated heterocycles. The number of hydrogen-bond donors (Lipinski definition) is 1. The summed E-state index contributed by atoms with van der Waals surface area (Å²) in [7, 11) is 1.91. The summed E-state index contributed by atoms with van der Waals surface area (Å²) >= 11 is 0. The largest absolute Gasteiger partial charge is 0.379 e. The molecule has 26 heavy (non-hydrogen) atoms. The van der Waals surface area contributed by atoms with Crippen LogP contribution < -0.4 is 5.32 Å². The van der Waals surface area contributed by atoms with Crippen LogP contribution in [0.25, 0.3) is 0 Å². The Balaban J connectivity index is 1.51. The van der Waals surface area contributed by atoms with E-state index >= 15 is 0 Å². The molecule has 150 valence electrons. The van der Waals surface area contributed by atoms with Gasteiger partial charge >= 0.3 is 0 Å². The number of ether oxygens (including phenoxy) is 2. The first kappa shape index (κ1) is 19.9. The molecule has 6 heteroatoms. The van der Waals surface area contributed by atoms with Gasteiger partial charge < -0.3 is 19.7 Å². The molecule has 3 aliphatic heterocycles. The molecule has 1 N–H and O–H groups in total. The molecule has 0 bridgehead atoms. The minimum Gasteiger partial charge on any atom is -0.379 e. The van der Waals surface area contributed by atoms with Crippen LogP contribution in [-0.2, 0) is 9.47 Å². The summed E-state index contributed by atoms with van der Waals surface area (Å²) in [5.41, 5.74) is 0.186. The van der Waals surface area contributed by atoms with Crippen molar-refractivity contribution < 1.29 is 9.47 Å². The van der Waals surface area contributed by atoms with E-state index in [9.17, 15) is 0 Å². The van der Waals surface area contributed by atoms with Crippen molar-refractivity contribution >= 4 is 5.96 Å². The highest BCUT2D eigenvalue weighted by molar-refractivity contribution is 5.80. The van der Waals surface area contributed by atoms with Gasteiger partial charge in [-0.1, -0.05) is 20.8 Å². The highest BCUT2D eigenvalue weighted by Gasteiger charge is 2.36. The zero-order valence-electron chi connectivity index (χ0n) is 17.2. The van der Waals surface area contributed by atoms with E-state index < -0.39 is 0 Å². The maximum absolute atomic E-state index is 6.13. The van der Waals surface area contributed by atoms with E-state index in [1.807, 2.05) is 7.05 Å². The summed E-state index contributed by atoms with van der Waals surface area (Å²) in [6, 6.07) is 0.637. The topological polar surface area (TPSA) is 49.3 Å². The predicted octanol–water partition coefficient (Wildman–Crippen LogP) is 1.81. The van der Waals surface area contributed by atoms with Crippen molar-refractivity contribution in [1.82, 2.24) is 15.1 Å². The van der Waals surface area contributed by atoms with Crippen molar-refractivity contribution in [2.45, 2.75) is 52.2 Å². The van der Waals surface area contributed by atoms with Crippen LogP contribution in [0, 0.1) is 11.3 Å². The molecule has 0 aromatic rings. The zero-order chi connectivity index (χ0) is 18.6. The van der Waals surface area contributed by atoms with E-state index in [2.05, 4.69) is 40.9 Å². The van der Waals surface area contributed by atoms with Crippen LogP contribution in [0.15, 0.2) is 4.99 Å². The average molecular weight is 367 g/mol. The highest BCUT2D eigenvalue weighted by Crippen LogP contribution is 2.33. The van der Waals surface area contributed by atoms with E-state index in [4.69, 9.17) is 9.47 Å². The van der Waals surface area contributed by atoms with Crippen LogP contribution in [0.2, 0.25) is 0 Å². The van der Waals surface area contributed by atoms with E-state index in [1.165, 1.54) is 19.3 Å². The molecule has 0 aromatic heterocycles. The lowest BCUT2D eigenvalue weighted by atomic mass is 9.78. The lowest BCUT2D eigenvalue weighted by Crippen LogP contribution is -2.49. The first-order chi connectivity index (χ1) is 12.5. The van der Waals surface area contributed by atoms with Crippen LogP contribution in [-0.4, -0.2) is 87.5 Å². The Labute approximate surface area is 159 Å². The van der Waals surface area contributed by atoms with Crippen molar-refractivity contribution in [3.63, 3.8) is 0 Å². The highest BCUT2D eigenvalue weighted by atomic mass is 16.5. The van der Waals surface area contributed by atoms with Crippen LogP contribution >= 0.6 is 0 Å². The van der Waals surface area contributed by atoms with E-state index in [-0.39, 0.29) is 5.41 Å². The normalized spacial score (nSPS) is 32.1. The quantitative estimate of drug-likeness (QED) is 0.610. The van der Waals surface area contributed by atoms with Gasteiger partial charge in [0.25, 0.3) is 0 Å². The maximum atomic E-state index is 6.13. The van der Waals surface area contributed by atoms with Gasteiger partial charge in [-0.2, -0.15) is 0 Å². The third-order valence-electron chi connectivity index (χ3n) is 6.06. The van der Waals surface area contributed by atoms with E-state index in [0.29, 0.717) is 18.1 Å². The van der Waals surface area contributed by atoms with Crippen molar-refractivity contribution in [2.24, 2.45) is 16.3 Å². The fraction of sp³-hybridized carbons (Fsp3) is 0.950. The fourth-order valence-electron chi connectivity index (χ4n) is 4.74. The first-order valence-electron chi connectivity index (χ1n) is 10.4. The van der Waals surface area contributed by atoms with Crippen molar-refractivity contribution in [3.8, 4) is 0 Å². The van der Waals surface area contributed by atoms with Gasteiger partial charge in [0.1, 0.15) is 0 Å². The van der Waals surface area contributed by atoms with Crippen molar-refractivity contribution in [3.05, 3.63) is 0 Å². The minimum atomic E-state index is 0.186. The van der Waals surface area contributed by atoms with Gasteiger partial charge in [-0.05, 0) is 24.7 Å². The Hall–Kier alpha value is -0.850. The second-order valence-electron chi connectivity index (χ2n) is 9.02. The second-order valence-corrected chi connectivity index (χ2v) is 9.02. The molecule has 0 aliphatic carbocycles. The summed E-state index contributed by atoms with van der Waals surface area (Å²) in [6.07, 6.45) is 3.95. The Morgan fingerprint density at radius 3 is 2.58 bits per heavy atom. The third-order valence-corrected chi connectivity index (χ3v) is 6.06. The van der Waals surface area contributed by atoms with Gasteiger partial charge in [0.2, 0.25) is 0 Å². The molecule has 0 radical (unpaired) electrons. The molecule has 3 atom stereocenters. The van der Waals surface area contributed by atoms with Crippen LogP contribution in [0.1, 0.15) is 40.0 Å². The Bertz CT molecular complexity index is 471. The number of morpholine rings is 1. The van der Waals surface area contributed by atoms with Crippen molar-refractivity contribution in [1.29, 1.82) is 0 Å². The van der Waals surface area contributed by atoms with Gasteiger partial charge in [-0.25, -0.2) is 0 Å². The molecule has 3 rings (SSSR count). The predicted molar refractivity (Wildman–Crippen MR) is 106 cm³/mol. The number of rotatable bonds is 3. The number of likely N-dealkylation sites (tertiary alicyclic amines) is 1. The molecular formula is C20H38N4O2. The molecule has 3 fully saturated rings.